The summed E-state index contributed by atoms with van der Waals surface area (Å²) in [6.45, 7) is 8.30. The molecule has 0 aliphatic carbocycles. The third-order valence-electron chi connectivity index (χ3n) is 3.93. The van der Waals surface area contributed by atoms with E-state index in [1.807, 2.05) is 0 Å². The van der Waals surface area contributed by atoms with Gasteiger partial charge in [0.2, 0.25) is 0 Å². The highest BCUT2D eigenvalue weighted by Gasteiger charge is 2.24. The van der Waals surface area contributed by atoms with Crippen LogP contribution < -0.4 is 5.32 Å². The second-order valence-electron chi connectivity index (χ2n) is 5.94. The number of hydrogen-bond donors (Lipinski definition) is 1. The van der Waals surface area contributed by atoms with Gasteiger partial charge in [0.15, 0.2) is 0 Å². The maximum Gasteiger partial charge on any atom is 0.128 e. The van der Waals surface area contributed by atoms with Gasteiger partial charge in [-0.25, -0.2) is 4.39 Å². The summed E-state index contributed by atoms with van der Waals surface area (Å²) in [4.78, 5) is 2.38. The highest BCUT2D eigenvalue weighted by molar-refractivity contribution is 6.30. The van der Waals surface area contributed by atoms with Crippen molar-refractivity contribution < 1.29 is 4.39 Å². The molecule has 1 aliphatic heterocycles. The van der Waals surface area contributed by atoms with Gasteiger partial charge in [-0.3, -0.25) is 4.90 Å². The maximum absolute atomic E-state index is 14.2. The maximum atomic E-state index is 14.2. The zero-order valence-electron chi connectivity index (χ0n) is 12.3. The molecule has 1 aliphatic rings. The first-order valence-electron chi connectivity index (χ1n) is 7.47. The second-order valence-corrected chi connectivity index (χ2v) is 6.38. The summed E-state index contributed by atoms with van der Waals surface area (Å²) in [5.41, 5.74) is 0.750. The summed E-state index contributed by atoms with van der Waals surface area (Å²) in [6.07, 6.45) is 2.08. The summed E-state index contributed by atoms with van der Waals surface area (Å²) in [5.74, 6) is 0.490. The van der Waals surface area contributed by atoms with Crippen LogP contribution in [0.4, 0.5) is 4.39 Å². The van der Waals surface area contributed by atoms with Crippen LogP contribution in [0.15, 0.2) is 18.2 Å². The van der Waals surface area contributed by atoms with Crippen molar-refractivity contribution in [3.63, 3.8) is 0 Å². The number of benzene rings is 1. The second kappa shape index (κ2) is 7.39. The lowest BCUT2D eigenvalue weighted by molar-refractivity contribution is 0.156. The van der Waals surface area contributed by atoms with Gasteiger partial charge in [0.1, 0.15) is 5.82 Å². The van der Waals surface area contributed by atoms with Crippen molar-refractivity contribution in [1.29, 1.82) is 0 Å². The standard InChI is InChI=1S/C16H24ClFN2/c1-12(2)3-6-16(20-9-7-19-8-10-20)14-11-13(17)4-5-15(14)18/h4-5,11-12,16,19H,3,6-10H2,1-2H3/t16-/m1/s1. The van der Waals surface area contributed by atoms with Crippen LogP contribution in [0.3, 0.4) is 0 Å². The van der Waals surface area contributed by atoms with Gasteiger partial charge in [0.25, 0.3) is 0 Å². The van der Waals surface area contributed by atoms with E-state index in [9.17, 15) is 4.39 Å². The van der Waals surface area contributed by atoms with Crippen LogP contribution in [0, 0.1) is 11.7 Å². The Hall–Kier alpha value is -0.640. The van der Waals surface area contributed by atoms with Crippen LogP contribution in [-0.4, -0.2) is 31.1 Å². The average molecular weight is 299 g/mol. The quantitative estimate of drug-likeness (QED) is 0.888. The number of hydrogen-bond acceptors (Lipinski definition) is 2. The molecule has 1 saturated heterocycles. The smallest absolute Gasteiger partial charge is 0.128 e. The molecule has 0 unspecified atom stereocenters. The Kier molecular flexibility index (Phi) is 5.82. The highest BCUT2D eigenvalue weighted by Crippen LogP contribution is 2.31. The van der Waals surface area contributed by atoms with Crippen molar-refractivity contribution in [1.82, 2.24) is 10.2 Å². The summed E-state index contributed by atoms with van der Waals surface area (Å²) < 4.78 is 14.2. The molecule has 0 aromatic heterocycles. The Morgan fingerprint density at radius 1 is 1.25 bits per heavy atom. The van der Waals surface area contributed by atoms with Gasteiger partial charge in [-0.1, -0.05) is 25.4 Å². The van der Waals surface area contributed by atoms with Gasteiger partial charge in [-0.2, -0.15) is 0 Å². The summed E-state index contributed by atoms with van der Waals surface area (Å²) in [7, 11) is 0. The lowest BCUT2D eigenvalue weighted by Crippen LogP contribution is -2.45. The number of rotatable bonds is 5. The summed E-state index contributed by atoms with van der Waals surface area (Å²) in [6, 6.07) is 5.04. The van der Waals surface area contributed by atoms with Crippen LogP contribution in [0.25, 0.3) is 0 Å². The minimum atomic E-state index is -0.137. The van der Waals surface area contributed by atoms with Crippen molar-refractivity contribution in [3.8, 4) is 0 Å². The van der Waals surface area contributed by atoms with Crippen LogP contribution in [0.5, 0.6) is 0 Å². The molecule has 0 saturated carbocycles. The molecule has 2 nitrogen and oxygen atoms in total. The van der Waals surface area contributed by atoms with E-state index in [0.717, 1.165) is 44.6 Å². The summed E-state index contributed by atoms with van der Waals surface area (Å²) in [5, 5.41) is 3.97. The Labute approximate surface area is 126 Å². The number of piperazine rings is 1. The van der Waals surface area contributed by atoms with Gasteiger partial charge >= 0.3 is 0 Å². The Morgan fingerprint density at radius 2 is 1.95 bits per heavy atom. The van der Waals surface area contributed by atoms with Gasteiger partial charge in [0, 0.05) is 42.8 Å². The highest BCUT2D eigenvalue weighted by atomic mass is 35.5. The molecule has 0 bridgehead atoms. The lowest BCUT2D eigenvalue weighted by Gasteiger charge is -2.36. The molecule has 2 rings (SSSR count). The minimum absolute atomic E-state index is 0.137. The molecular weight excluding hydrogens is 275 g/mol. The topological polar surface area (TPSA) is 15.3 Å². The first kappa shape index (κ1) is 15.7. The molecule has 0 spiro atoms. The lowest BCUT2D eigenvalue weighted by atomic mass is 9.95. The predicted molar refractivity (Wildman–Crippen MR) is 82.7 cm³/mol. The van der Waals surface area contributed by atoms with Crippen LogP contribution in [-0.2, 0) is 0 Å². The zero-order chi connectivity index (χ0) is 14.5. The number of nitrogens with one attached hydrogen (secondary N) is 1. The van der Waals surface area contributed by atoms with E-state index < -0.39 is 0 Å². The van der Waals surface area contributed by atoms with Gasteiger partial charge in [-0.05, 0) is 37.0 Å². The van der Waals surface area contributed by atoms with Gasteiger partial charge in [0.05, 0.1) is 0 Å². The van der Waals surface area contributed by atoms with Crippen molar-refractivity contribution >= 4 is 11.6 Å². The molecule has 1 heterocycles. The molecule has 1 N–H and O–H groups in total. The Morgan fingerprint density at radius 3 is 2.60 bits per heavy atom. The van der Waals surface area contributed by atoms with Crippen LogP contribution in [0.1, 0.15) is 38.3 Å². The van der Waals surface area contributed by atoms with E-state index in [0.29, 0.717) is 10.9 Å². The molecule has 0 radical (unpaired) electrons. The monoisotopic (exact) mass is 298 g/mol. The predicted octanol–water partition coefficient (Wildman–Crippen LogP) is 3.86. The molecule has 4 heteroatoms. The molecule has 0 amide bonds. The third kappa shape index (κ3) is 4.18. The zero-order valence-corrected chi connectivity index (χ0v) is 13.1. The van der Waals surface area contributed by atoms with Gasteiger partial charge < -0.3 is 5.32 Å². The van der Waals surface area contributed by atoms with E-state index in [2.05, 4.69) is 24.1 Å². The molecule has 20 heavy (non-hydrogen) atoms. The van der Waals surface area contributed by atoms with Crippen LogP contribution in [0.2, 0.25) is 5.02 Å². The van der Waals surface area contributed by atoms with E-state index in [1.54, 1.807) is 12.1 Å². The Balaban J connectivity index is 2.21. The van der Waals surface area contributed by atoms with E-state index >= 15 is 0 Å². The van der Waals surface area contributed by atoms with Crippen molar-refractivity contribution in [2.75, 3.05) is 26.2 Å². The van der Waals surface area contributed by atoms with E-state index in [4.69, 9.17) is 11.6 Å². The average Bonchev–Trinajstić information content (AvgIpc) is 2.43. The molecule has 112 valence electrons. The number of halogens is 2. The fourth-order valence-electron chi connectivity index (χ4n) is 2.79. The molecule has 1 atom stereocenters. The minimum Gasteiger partial charge on any atom is -0.314 e. The SMILES string of the molecule is CC(C)CC[C@H](c1cc(Cl)ccc1F)N1CCNCC1. The Bertz CT molecular complexity index is 430. The fourth-order valence-corrected chi connectivity index (χ4v) is 2.97. The van der Waals surface area contributed by atoms with Gasteiger partial charge in [-0.15, -0.1) is 0 Å². The fraction of sp³-hybridized carbons (Fsp3) is 0.625. The van der Waals surface area contributed by atoms with E-state index in [1.165, 1.54) is 6.07 Å². The molecule has 1 fully saturated rings. The molecule has 1 aromatic carbocycles. The third-order valence-corrected chi connectivity index (χ3v) is 4.16. The molecular formula is C16H24ClFN2. The number of nitrogens with zero attached hydrogens (tertiary/aromatic N) is 1. The summed E-state index contributed by atoms with van der Waals surface area (Å²) >= 11 is 6.06. The van der Waals surface area contributed by atoms with Crippen LogP contribution >= 0.6 is 11.6 Å². The largest absolute Gasteiger partial charge is 0.314 e. The normalized spacial score (nSPS) is 18.4. The van der Waals surface area contributed by atoms with Crippen molar-refractivity contribution in [3.05, 3.63) is 34.6 Å². The van der Waals surface area contributed by atoms with E-state index in [-0.39, 0.29) is 11.9 Å². The first-order valence-corrected chi connectivity index (χ1v) is 7.85. The van der Waals surface area contributed by atoms with Crippen molar-refractivity contribution in [2.24, 2.45) is 5.92 Å². The van der Waals surface area contributed by atoms with Crippen molar-refractivity contribution in [2.45, 2.75) is 32.7 Å². The first-order chi connectivity index (χ1) is 9.58. The molecule has 1 aromatic rings.